The number of anilines is 2. The van der Waals surface area contributed by atoms with Crippen molar-refractivity contribution in [2.45, 2.75) is 37.8 Å². The lowest BCUT2D eigenvalue weighted by Crippen LogP contribution is -2.36. The maximum atomic E-state index is 10.8. The lowest BCUT2D eigenvalue weighted by atomic mass is 9.93. The van der Waals surface area contributed by atoms with E-state index in [0.29, 0.717) is 19.2 Å². The number of nitrogens with zero attached hydrogens (tertiary/aromatic N) is 6. The number of benzene rings is 1. The van der Waals surface area contributed by atoms with Crippen LogP contribution >= 0.6 is 0 Å². The van der Waals surface area contributed by atoms with Crippen LogP contribution in [0.1, 0.15) is 25.7 Å². The van der Waals surface area contributed by atoms with Crippen molar-refractivity contribution in [1.29, 1.82) is 0 Å². The fourth-order valence-corrected chi connectivity index (χ4v) is 4.30. The van der Waals surface area contributed by atoms with Crippen molar-refractivity contribution in [2.24, 2.45) is 0 Å². The van der Waals surface area contributed by atoms with Crippen LogP contribution in [0.2, 0.25) is 0 Å². The average Bonchev–Trinajstić information content (AvgIpc) is 2.86. The summed E-state index contributed by atoms with van der Waals surface area (Å²) in [5, 5.41) is 14.0. The monoisotopic (exact) mass is 451 g/mol. The normalized spacial score (nSPS) is 21.0. The Balaban J connectivity index is 1.24. The summed E-state index contributed by atoms with van der Waals surface area (Å²) in [6, 6.07) is 4.32. The maximum absolute atomic E-state index is 10.8. The molecule has 1 N–H and O–H groups in total. The first-order valence-corrected chi connectivity index (χ1v) is 11.1. The molecule has 2 fully saturated rings. The molecule has 0 radical (unpaired) electrons. The Bertz CT molecular complexity index is 1110. The second-order valence-corrected chi connectivity index (χ2v) is 8.23. The van der Waals surface area contributed by atoms with E-state index in [9.17, 15) is 10.1 Å². The predicted molar refractivity (Wildman–Crippen MR) is 122 cm³/mol. The molecule has 11 heteroatoms. The van der Waals surface area contributed by atoms with Crippen LogP contribution in [0.25, 0.3) is 11.0 Å². The van der Waals surface area contributed by atoms with Gasteiger partial charge < -0.3 is 19.7 Å². The number of hydrogen-bond acceptors (Lipinski definition) is 10. The zero-order valence-electron chi connectivity index (χ0n) is 18.1. The first-order chi connectivity index (χ1) is 16.2. The summed E-state index contributed by atoms with van der Waals surface area (Å²) in [5.74, 6) is 1.17. The van der Waals surface area contributed by atoms with Gasteiger partial charge >= 0.3 is 5.69 Å². The molecule has 2 aromatic heterocycles. The van der Waals surface area contributed by atoms with Gasteiger partial charge in [0.1, 0.15) is 23.7 Å². The van der Waals surface area contributed by atoms with Crippen molar-refractivity contribution >= 4 is 28.4 Å². The summed E-state index contributed by atoms with van der Waals surface area (Å²) < 4.78 is 11.9. The highest BCUT2D eigenvalue weighted by Crippen LogP contribution is 2.33. The molecule has 0 spiro atoms. The van der Waals surface area contributed by atoms with Crippen LogP contribution in [-0.4, -0.2) is 63.3 Å². The third-order valence-corrected chi connectivity index (χ3v) is 6.05. The van der Waals surface area contributed by atoms with Gasteiger partial charge in [0.2, 0.25) is 5.95 Å². The standard InChI is InChI=1S/C22H25N7O4/c30-29(31)17-13-25-22(26-14-17)27-15-1-3-18(4-2-15)33-20-12-16(28-7-9-32-10-8-28)11-19-21(20)24-6-5-23-19/h5-6,11-15,18H,1-4,7-10H2,(H,25,26,27)/t15-,18+. The number of rotatable bonds is 6. The number of ether oxygens (including phenoxy) is 2. The van der Waals surface area contributed by atoms with E-state index in [1.807, 2.05) is 0 Å². The van der Waals surface area contributed by atoms with Gasteiger partial charge in [-0.25, -0.2) is 15.0 Å². The van der Waals surface area contributed by atoms with Crippen LogP contribution in [0.3, 0.4) is 0 Å². The molecule has 3 aromatic rings. The smallest absolute Gasteiger partial charge is 0.305 e. The third kappa shape index (κ3) is 4.92. The van der Waals surface area contributed by atoms with Crippen LogP contribution < -0.4 is 15.0 Å². The molecule has 5 rings (SSSR count). The van der Waals surface area contributed by atoms with Crippen molar-refractivity contribution < 1.29 is 14.4 Å². The summed E-state index contributed by atoms with van der Waals surface area (Å²) >= 11 is 0. The van der Waals surface area contributed by atoms with E-state index in [0.717, 1.165) is 61.2 Å². The minimum absolute atomic E-state index is 0.0750. The van der Waals surface area contributed by atoms with Crippen LogP contribution in [0, 0.1) is 10.1 Å². The molecule has 1 aromatic carbocycles. The van der Waals surface area contributed by atoms with E-state index in [1.165, 1.54) is 12.4 Å². The second kappa shape index (κ2) is 9.49. The summed E-state index contributed by atoms with van der Waals surface area (Å²) in [7, 11) is 0. The molecular weight excluding hydrogens is 426 g/mol. The number of nitro groups is 1. The molecule has 1 saturated carbocycles. The molecule has 1 aliphatic carbocycles. The maximum Gasteiger partial charge on any atom is 0.305 e. The van der Waals surface area contributed by atoms with Crippen LogP contribution in [0.15, 0.2) is 36.9 Å². The van der Waals surface area contributed by atoms with Crippen molar-refractivity contribution in [1.82, 2.24) is 19.9 Å². The average molecular weight is 451 g/mol. The van der Waals surface area contributed by atoms with Gasteiger partial charge in [0.25, 0.3) is 0 Å². The van der Waals surface area contributed by atoms with Crippen LogP contribution in [-0.2, 0) is 4.74 Å². The molecule has 1 saturated heterocycles. The third-order valence-electron chi connectivity index (χ3n) is 6.05. The first kappa shape index (κ1) is 21.3. The Morgan fingerprint density at radius 1 is 1.03 bits per heavy atom. The first-order valence-electron chi connectivity index (χ1n) is 11.1. The SMILES string of the molecule is O=[N+]([O-])c1cnc(N[C@H]2CC[C@@H](Oc3cc(N4CCOCC4)cc4nccnc34)CC2)nc1. The molecule has 0 atom stereocenters. The predicted octanol–water partition coefficient (Wildman–Crippen LogP) is 2.97. The van der Waals surface area contributed by atoms with Gasteiger partial charge in [0.15, 0.2) is 0 Å². The number of aromatic nitrogens is 4. The van der Waals surface area contributed by atoms with E-state index >= 15 is 0 Å². The van der Waals surface area contributed by atoms with Crippen molar-refractivity contribution in [2.75, 3.05) is 36.5 Å². The Morgan fingerprint density at radius 2 is 1.76 bits per heavy atom. The van der Waals surface area contributed by atoms with Crippen LogP contribution in [0.5, 0.6) is 5.75 Å². The molecule has 1 aliphatic heterocycles. The molecule has 172 valence electrons. The highest BCUT2D eigenvalue weighted by Gasteiger charge is 2.25. The minimum Gasteiger partial charge on any atom is -0.488 e. The van der Waals surface area contributed by atoms with Gasteiger partial charge in [-0.05, 0) is 31.7 Å². The summed E-state index contributed by atoms with van der Waals surface area (Å²) in [4.78, 5) is 29.6. The van der Waals surface area contributed by atoms with E-state index in [1.54, 1.807) is 12.4 Å². The molecule has 33 heavy (non-hydrogen) atoms. The Kier molecular flexibility index (Phi) is 6.11. The number of fused-ring (bicyclic) bond motifs is 1. The molecule has 3 heterocycles. The summed E-state index contributed by atoms with van der Waals surface area (Å²) in [6.45, 7) is 3.10. The van der Waals surface area contributed by atoms with Gasteiger partial charge in [-0.3, -0.25) is 15.1 Å². The van der Waals surface area contributed by atoms with Crippen molar-refractivity contribution in [3.63, 3.8) is 0 Å². The van der Waals surface area contributed by atoms with Gasteiger partial charge in [0.05, 0.1) is 29.8 Å². The minimum atomic E-state index is -0.505. The second-order valence-electron chi connectivity index (χ2n) is 8.23. The van der Waals surface area contributed by atoms with E-state index < -0.39 is 4.92 Å². The fourth-order valence-electron chi connectivity index (χ4n) is 4.30. The summed E-state index contributed by atoms with van der Waals surface area (Å²) in [6.07, 6.45) is 9.42. The highest BCUT2D eigenvalue weighted by molar-refractivity contribution is 5.85. The summed E-state index contributed by atoms with van der Waals surface area (Å²) in [5.41, 5.74) is 2.55. The molecule has 0 amide bonds. The zero-order chi connectivity index (χ0) is 22.6. The van der Waals surface area contributed by atoms with E-state index in [-0.39, 0.29) is 17.8 Å². The number of morpholine rings is 1. The lowest BCUT2D eigenvalue weighted by Gasteiger charge is -2.31. The molecular formula is C22H25N7O4. The van der Waals surface area contributed by atoms with Gasteiger partial charge in [0, 0.05) is 43.3 Å². The molecule has 11 nitrogen and oxygen atoms in total. The molecule has 2 aliphatic rings. The molecule has 0 unspecified atom stereocenters. The van der Waals surface area contributed by atoms with Crippen LogP contribution in [0.4, 0.5) is 17.3 Å². The van der Waals surface area contributed by atoms with E-state index in [4.69, 9.17) is 9.47 Å². The van der Waals surface area contributed by atoms with Gasteiger partial charge in [-0.2, -0.15) is 0 Å². The van der Waals surface area contributed by atoms with E-state index in [2.05, 4.69) is 42.3 Å². The quantitative estimate of drug-likeness (QED) is 0.441. The molecule has 0 bridgehead atoms. The zero-order valence-corrected chi connectivity index (χ0v) is 18.1. The fraction of sp³-hybridized carbons (Fsp3) is 0.455. The largest absolute Gasteiger partial charge is 0.488 e. The lowest BCUT2D eigenvalue weighted by molar-refractivity contribution is -0.385. The number of hydrogen-bond donors (Lipinski definition) is 1. The Labute approximate surface area is 190 Å². The van der Waals surface area contributed by atoms with Gasteiger partial charge in [-0.15, -0.1) is 0 Å². The number of nitrogens with one attached hydrogen (secondary N) is 1. The Hall–Kier alpha value is -3.60. The Morgan fingerprint density at radius 3 is 2.48 bits per heavy atom. The van der Waals surface area contributed by atoms with Gasteiger partial charge in [-0.1, -0.05) is 0 Å². The van der Waals surface area contributed by atoms with Crippen molar-refractivity contribution in [3.8, 4) is 5.75 Å². The van der Waals surface area contributed by atoms with Crippen molar-refractivity contribution in [3.05, 3.63) is 47.0 Å². The topological polar surface area (TPSA) is 128 Å². The highest BCUT2D eigenvalue weighted by atomic mass is 16.6.